The van der Waals surface area contributed by atoms with Crippen molar-refractivity contribution in [1.82, 2.24) is 0 Å². The first-order valence-corrected chi connectivity index (χ1v) is 2.21. The summed E-state index contributed by atoms with van der Waals surface area (Å²) in [6, 6.07) is 0. The SMILES string of the molecule is [2H]B([3H])CCCCl. The standard InChI is InChI=1S/C3H8BCl/c4-2-1-3-5/h1-4H2/i4TD. The normalized spacial score (nSPS) is 13.0. The van der Waals surface area contributed by atoms with Crippen LogP contribution in [0, 0.1) is 0 Å². The van der Waals surface area contributed by atoms with E-state index in [9.17, 15) is 0 Å². The van der Waals surface area contributed by atoms with E-state index in [0.717, 1.165) is 6.42 Å². The van der Waals surface area contributed by atoms with E-state index in [0.29, 0.717) is 12.2 Å². The van der Waals surface area contributed by atoms with Gasteiger partial charge in [0.15, 0.2) is 0 Å². The molecule has 0 aromatic heterocycles. The molecule has 0 aliphatic rings. The molecule has 0 bridgehead atoms. The lowest BCUT2D eigenvalue weighted by Gasteiger charge is -1.76. The van der Waals surface area contributed by atoms with Crippen molar-refractivity contribution in [2.24, 2.45) is 0 Å². The topological polar surface area (TPSA) is 0 Å². The number of rotatable bonds is 3. The van der Waals surface area contributed by atoms with Crippen molar-refractivity contribution in [3.63, 3.8) is 0 Å². The fourth-order valence-corrected chi connectivity index (χ4v) is 0.231. The average molecular weight is 93.4 g/mol. The van der Waals surface area contributed by atoms with Gasteiger partial charge < -0.3 is 0 Å². The molecular formula is C3H8BCl. The zero-order valence-electron chi connectivity index (χ0n) is 5.08. The van der Waals surface area contributed by atoms with Crippen molar-refractivity contribution >= 4 is 19.4 Å². The van der Waals surface area contributed by atoms with Crippen molar-refractivity contribution < 1.29 is 0 Å². The second kappa shape index (κ2) is 4.35. The molecule has 0 rings (SSSR count). The van der Waals surface area contributed by atoms with Gasteiger partial charge in [0, 0.05) is 5.88 Å². The van der Waals surface area contributed by atoms with E-state index in [1.807, 2.05) is 0 Å². The molecule has 0 atom stereocenters. The van der Waals surface area contributed by atoms with E-state index in [1.54, 1.807) is 0 Å². The van der Waals surface area contributed by atoms with Crippen LogP contribution in [0.5, 0.6) is 0 Å². The lowest BCUT2D eigenvalue weighted by Crippen LogP contribution is -1.68. The number of alkyl halides is 1. The van der Waals surface area contributed by atoms with Crippen LogP contribution in [0.25, 0.3) is 0 Å². The Hall–Kier alpha value is 0.355. The van der Waals surface area contributed by atoms with Crippen LogP contribution in [0.15, 0.2) is 0 Å². The summed E-state index contributed by atoms with van der Waals surface area (Å²) in [5.41, 5.74) is 0. The molecule has 0 aliphatic carbocycles. The monoisotopic (exact) mass is 93.1 g/mol. The molecule has 0 radical (unpaired) electrons. The van der Waals surface area contributed by atoms with Crippen molar-refractivity contribution in [2.45, 2.75) is 12.7 Å². The molecule has 0 spiro atoms. The van der Waals surface area contributed by atoms with Crippen molar-refractivity contribution in [3.8, 4) is 0 Å². The third kappa shape index (κ3) is 4.35. The summed E-state index contributed by atoms with van der Waals surface area (Å²) in [6.07, 6.45) is 1.39. The summed E-state index contributed by atoms with van der Waals surface area (Å²) in [6.45, 7) is 0. The minimum absolute atomic E-state index is 0.578. The zero-order valence-corrected chi connectivity index (χ0v) is 3.83. The van der Waals surface area contributed by atoms with E-state index >= 15 is 0 Å². The molecule has 0 nitrogen and oxygen atoms in total. The highest BCUT2D eigenvalue weighted by Crippen LogP contribution is 1.84. The van der Waals surface area contributed by atoms with Gasteiger partial charge in [-0.2, -0.15) is 0 Å². The van der Waals surface area contributed by atoms with Gasteiger partial charge in [-0.1, -0.05) is 6.32 Å². The van der Waals surface area contributed by atoms with Gasteiger partial charge in [-0.3, -0.25) is 0 Å². The average Bonchev–Trinajstić information content (AvgIpc) is 1.61. The fourth-order valence-electron chi connectivity index (χ4n) is 0.0772. The van der Waals surface area contributed by atoms with Crippen LogP contribution in [0.2, 0.25) is 6.32 Å². The Morgan fingerprint density at radius 1 is 2.40 bits per heavy atom. The van der Waals surface area contributed by atoms with Crippen molar-refractivity contribution in [1.29, 1.82) is 2.67 Å². The quantitative estimate of drug-likeness (QED) is 0.355. The van der Waals surface area contributed by atoms with Gasteiger partial charge >= 0.3 is 0 Å². The molecule has 0 N–H and O–H groups in total. The first-order chi connectivity index (χ1) is 3.27. The highest BCUT2D eigenvalue weighted by Gasteiger charge is 1.70. The van der Waals surface area contributed by atoms with Gasteiger partial charge in [0.1, 0.15) is 7.77 Å². The summed E-state index contributed by atoms with van der Waals surface area (Å²) in [5.74, 6) is 0.578. The summed E-state index contributed by atoms with van der Waals surface area (Å²) in [7, 11) is -0.682. The molecule has 0 amide bonds. The van der Waals surface area contributed by atoms with Crippen LogP contribution in [0.4, 0.5) is 0 Å². The Bertz CT molecular complexity index is 41.9. The molecule has 0 heterocycles. The van der Waals surface area contributed by atoms with Gasteiger partial charge in [-0.25, -0.2) is 0 Å². The third-order valence-corrected chi connectivity index (χ3v) is 0.605. The Labute approximate surface area is 41.6 Å². The second-order valence-electron chi connectivity index (χ2n) is 0.831. The Balaban J connectivity index is 2.68. The first-order valence-electron chi connectivity index (χ1n) is 2.83. The smallest absolute Gasteiger partial charge is 0.101 e. The van der Waals surface area contributed by atoms with Crippen LogP contribution in [0.1, 0.15) is 6.42 Å². The highest BCUT2D eigenvalue weighted by molar-refractivity contribution is 6.18. The van der Waals surface area contributed by atoms with Crippen LogP contribution in [-0.4, -0.2) is 16.3 Å². The zero-order chi connectivity index (χ0) is 5.70. The molecule has 2 heteroatoms. The second-order valence-corrected chi connectivity index (χ2v) is 1.21. The molecule has 0 fully saturated rings. The van der Waals surface area contributed by atoms with E-state index in [4.69, 9.17) is 14.3 Å². The van der Waals surface area contributed by atoms with Crippen LogP contribution in [0.3, 0.4) is 0 Å². The molecule has 0 aromatic carbocycles. The summed E-state index contributed by atoms with van der Waals surface area (Å²) in [5, 5.41) is 0. The maximum atomic E-state index is 6.69. The molecule has 0 aliphatic heterocycles. The molecule has 30 valence electrons. The van der Waals surface area contributed by atoms with Crippen molar-refractivity contribution in [3.05, 3.63) is 0 Å². The van der Waals surface area contributed by atoms with Crippen LogP contribution in [-0.2, 0) is 0 Å². The molecule has 0 saturated heterocycles. The van der Waals surface area contributed by atoms with E-state index in [2.05, 4.69) is 0 Å². The third-order valence-electron chi connectivity index (χ3n) is 0.338. The molecule has 0 unspecified atom stereocenters. The van der Waals surface area contributed by atoms with Crippen LogP contribution < -0.4 is 0 Å². The van der Waals surface area contributed by atoms with Crippen molar-refractivity contribution in [2.75, 3.05) is 5.88 Å². The van der Waals surface area contributed by atoms with Gasteiger partial charge in [0.05, 0.1) is 0 Å². The minimum atomic E-state index is -0.682. The summed E-state index contributed by atoms with van der Waals surface area (Å²) in [4.78, 5) is 0. The maximum absolute atomic E-state index is 6.69. The maximum Gasteiger partial charge on any atom is 0.101 e. The van der Waals surface area contributed by atoms with E-state index in [-0.39, 0.29) is 0 Å². The predicted molar refractivity (Wildman–Crippen MR) is 28.7 cm³/mol. The van der Waals surface area contributed by atoms with Gasteiger partial charge in [0.25, 0.3) is 0 Å². The lowest BCUT2D eigenvalue weighted by molar-refractivity contribution is 1.09. The van der Waals surface area contributed by atoms with Gasteiger partial charge in [-0.15, -0.1) is 11.6 Å². The number of hydrogen-bond donors (Lipinski definition) is 0. The number of halogens is 1. The van der Waals surface area contributed by atoms with Crippen LogP contribution >= 0.6 is 11.6 Å². The molecule has 0 saturated carbocycles. The molecule has 5 heavy (non-hydrogen) atoms. The predicted octanol–water partition coefficient (Wildman–Crippen LogP) is 0.667. The largest absolute Gasteiger partial charge is 0.127 e. The van der Waals surface area contributed by atoms with E-state index < -0.39 is 7.77 Å². The summed E-state index contributed by atoms with van der Waals surface area (Å²) < 4.78 is 13.4. The Morgan fingerprint density at radius 2 is 3.20 bits per heavy atom. The number of hydrogen-bond acceptors (Lipinski definition) is 0. The minimum Gasteiger partial charge on any atom is -0.127 e. The fraction of sp³-hybridized carbons (Fsp3) is 1.00. The highest BCUT2D eigenvalue weighted by atomic mass is 35.5. The Morgan fingerprint density at radius 3 is 3.40 bits per heavy atom. The summed E-state index contributed by atoms with van der Waals surface area (Å²) >= 11 is 5.28. The first kappa shape index (κ1) is 2.51. The van der Waals surface area contributed by atoms with Gasteiger partial charge in [0.2, 0.25) is 0 Å². The van der Waals surface area contributed by atoms with E-state index in [1.165, 1.54) is 0 Å². The molecular weight excluding hydrogens is 82.3 g/mol. The lowest BCUT2D eigenvalue weighted by atomic mass is 10.0. The molecule has 0 aromatic rings. The Kier molecular flexibility index (Phi) is 2.19. The van der Waals surface area contributed by atoms with Gasteiger partial charge in [-0.05, 0) is 9.09 Å².